The maximum absolute atomic E-state index is 11.3. The summed E-state index contributed by atoms with van der Waals surface area (Å²) < 4.78 is 0. The molecule has 0 aliphatic carbocycles. The van der Waals surface area contributed by atoms with Gasteiger partial charge in [0, 0.05) is 0 Å². The summed E-state index contributed by atoms with van der Waals surface area (Å²) in [5, 5.41) is 2.14. The van der Waals surface area contributed by atoms with Crippen LogP contribution < -0.4 is 10.4 Å². The monoisotopic (exact) mass is 268 g/mol. The zero-order valence-electron chi connectivity index (χ0n) is 11.3. The second-order valence-corrected chi connectivity index (χ2v) is 7.96. The van der Waals surface area contributed by atoms with Crippen LogP contribution >= 0.6 is 0 Å². The normalized spacial score (nSPS) is 11.9. The fourth-order valence-electron chi connectivity index (χ4n) is 2.25. The van der Waals surface area contributed by atoms with Gasteiger partial charge in [-0.3, -0.25) is 0 Å². The minimum Gasteiger partial charge on any atom is -0.424 e. The lowest BCUT2D eigenvalue weighted by molar-refractivity contribution is 0.570. The van der Waals surface area contributed by atoms with Crippen molar-refractivity contribution in [1.29, 1.82) is 0 Å². The van der Waals surface area contributed by atoms with E-state index < -0.39 is 8.32 Å². The van der Waals surface area contributed by atoms with Gasteiger partial charge in [0.2, 0.25) is 0 Å². The summed E-state index contributed by atoms with van der Waals surface area (Å²) >= 11 is 0. The van der Waals surface area contributed by atoms with E-state index in [9.17, 15) is 4.80 Å². The molecule has 0 unspecified atom stereocenters. The van der Waals surface area contributed by atoms with Crippen LogP contribution in [0.2, 0.25) is 6.04 Å². The Hall–Kier alpha value is -1.64. The first-order valence-corrected chi connectivity index (χ1v) is 8.91. The van der Waals surface area contributed by atoms with Crippen LogP contribution in [0.15, 0.2) is 72.8 Å². The third-order valence-corrected chi connectivity index (χ3v) is 6.72. The molecule has 1 N–H and O–H groups in total. The highest BCUT2D eigenvalue weighted by Crippen LogP contribution is 2.09. The molecule has 0 atom stereocenters. The average Bonchev–Trinajstić information content (AvgIpc) is 2.49. The molecule has 2 aromatic rings. The molecule has 19 heavy (non-hydrogen) atoms. The molecule has 0 bridgehead atoms. The number of benzene rings is 2. The Morgan fingerprint density at radius 3 is 1.74 bits per heavy atom. The maximum Gasteiger partial charge on any atom is 0.256 e. The van der Waals surface area contributed by atoms with Crippen LogP contribution in [0.25, 0.3) is 0 Å². The van der Waals surface area contributed by atoms with E-state index in [0.717, 1.165) is 22.8 Å². The van der Waals surface area contributed by atoms with E-state index in [1.807, 2.05) is 60.7 Å². The molecular weight excluding hydrogens is 248 g/mol. The number of rotatable bonds is 5. The molecule has 0 amide bonds. The molecule has 2 heteroatoms. The lowest BCUT2D eigenvalue weighted by atomic mass is 10.4. The number of allylic oxidation sites excluding steroid dienone is 2. The van der Waals surface area contributed by atoms with E-state index in [2.05, 4.69) is 19.1 Å². The predicted molar refractivity (Wildman–Crippen MR) is 84.4 cm³/mol. The molecule has 0 aromatic heterocycles. The van der Waals surface area contributed by atoms with Crippen molar-refractivity contribution in [1.82, 2.24) is 0 Å². The van der Waals surface area contributed by atoms with Crippen molar-refractivity contribution in [3.63, 3.8) is 0 Å². The maximum atomic E-state index is 11.3. The van der Waals surface area contributed by atoms with Gasteiger partial charge < -0.3 is 4.80 Å². The van der Waals surface area contributed by atoms with E-state index in [-0.39, 0.29) is 0 Å². The molecule has 1 nitrogen and oxygen atoms in total. The molecule has 0 radical (unpaired) electrons. The van der Waals surface area contributed by atoms with Crippen molar-refractivity contribution in [3.8, 4) is 0 Å². The SMILES string of the molecule is CCC=CC[Si](O)(c1ccccc1)c1ccccc1. The van der Waals surface area contributed by atoms with Crippen LogP contribution in [0, 0.1) is 0 Å². The Labute approximate surface area is 116 Å². The summed E-state index contributed by atoms with van der Waals surface area (Å²) in [6.07, 6.45) is 5.25. The molecule has 0 aliphatic heterocycles. The summed E-state index contributed by atoms with van der Waals surface area (Å²) in [6, 6.07) is 20.9. The van der Waals surface area contributed by atoms with Crippen molar-refractivity contribution < 1.29 is 4.80 Å². The Morgan fingerprint density at radius 1 is 0.842 bits per heavy atom. The highest BCUT2D eigenvalue weighted by Gasteiger charge is 2.34. The van der Waals surface area contributed by atoms with E-state index in [0.29, 0.717) is 0 Å². The van der Waals surface area contributed by atoms with Crippen LogP contribution in [0.5, 0.6) is 0 Å². The molecule has 2 aromatic carbocycles. The van der Waals surface area contributed by atoms with Crippen molar-refractivity contribution in [2.75, 3.05) is 0 Å². The number of hydrogen-bond donors (Lipinski definition) is 1. The van der Waals surface area contributed by atoms with E-state index in [1.165, 1.54) is 0 Å². The van der Waals surface area contributed by atoms with E-state index >= 15 is 0 Å². The molecule has 0 saturated heterocycles. The summed E-state index contributed by atoms with van der Waals surface area (Å²) in [5.74, 6) is 0. The lowest BCUT2D eigenvalue weighted by Gasteiger charge is -2.25. The lowest BCUT2D eigenvalue weighted by Crippen LogP contribution is -2.58. The quantitative estimate of drug-likeness (QED) is 0.653. The zero-order chi connectivity index (χ0) is 13.6. The highest BCUT2D eigenvalue weighted by molar-refractivity contribution is 6.96. The minimum atomic E-state index is -2.63. The van der Waals surface area contributed by atoms with Crippen molar-refractivity contribution in [2.24, 2.45) is 0 Å². The van der Waals surface area contributed by atoms with Crippen LogP contribution in [-0.4, -0.2) is 13.1 Å². The molecule has 0 heterocycles. The molecule has 0 spiro atoms. The number of hydrogen-bond acceptors (Lipinski definition) is 1. The van der Waals surface area contributed by atoms with Gasteiger partial charge in [0.25, 0.3) is 8.32 Å². The summed E-state index contributed by atoms with van der Waals surface area (Å²) in [4.78, 5) is 11.3. The smallest absolute Gasteiger partial charge is 0.256 e. The fraction of sp³-hybridized carbons (Fsp3) is 0.176. The molecule has 0 saturated carbocycles. The Bertz CT molecular complexity index is 480. The highest BCUT2D eigenvalue weighted by atomic mass is 28.4. The van der Waals surface area contributed by atoms with Gasteiger partial charge in [0.1, 0.15) is 0 Å². The predicted octanol–water partition coefficient (Wildman–Crippen LogP) is 2.70. The van der Waals surface area contributed by atoms with Crippen molar-refractivity contribution in [3.05, 3.63) is 72.8 Å². The topological polar surface area (TPSA) is 20.2 Å². The third-order valence-electron chi connectivity index (χ3n) is 3.32. The second-order valence-electron chi connectivity index (χ2n) is 4.68. The molecule has 0 fully saturated rings. The van der Waals surface area contributed by atoms with Gasteiger partial charge in [-0.15, -0.1) is 0 Å². The van der Waals surface area contributed by atoms with Crippen LogP contribution in [0.3, 0.4) is 0 Å². The molecule has 2 rings (SSSR count). The van der Waals surface area contributed by atoms with Gasteiger partial charge in [0.05, 0.1) is 0 Å². The third kappa shape index (κ3) is 3.22. The molecule has 0 aliphatic rings. The minimum absolute atomic E-state index is 0.731. The largest absolute Gasteiger partial charge is 0.424 e. The second kappa shape index (κ2) is 6.50. The summed E-state index contributed by atoms with van der Waals surface area (Å²) in [6.45, 7) is 2.11. The van der Waals surface area contributed by atoms with Gasteiger partial charge >= 0.3 is 0 Å². The van der Waals surface area contributed by atoms with Crippen molar-refractivity contribution in [2.45, 2.75) is 19.4 Å². The van der Waals surface area contributed by atoms with Crippen molar-refractivity contribution >= 4 is 18.7 Å². The van der Waals surface area contributed by atoms with Gasteiger partial charge in [-0.1, -0.05) is 79.7 Å². The fourth-order valence-corrected chi connectivity index (χ4v) is 5.05. The van der Waals surface area contributed by atoms with Gasteiger partial charge in [-0.2, -0.15) is 0 Å². The Kier molecular flexibility index (Phi) is 4.72. The zero-order valence-corrected chi connectivity index (χ0v) is 12.3. The Morgan fingerprint density at radius 2 is 1.32 bits per heavy atom. The summed E-state index contributed by atoms with van der Waals surface area (Å²) in [5.41, 5.74) is 0. The van der Waals surface area contributed by atoms with Crippen LogP contribution in [-0.2, 0) is 0 Å². The van der Waals surface area contributed by atoms with E-state index in [4.69, 9.17) is 0 Å². The van der Waals surface area contributed by atoms with Crippen LogP contribution in [0.1, 0.15) is 13.3 Å². The van der Waals surface area contributed by atoms with Gasteiger partial charge in [0.15, 0.2) is 0 Å². The first-order chi connectivity index (χ1) is 9.27. The molecular formula is C17H20OSi. The average molecular weight is 268 g/mol. The first kappa shape index (κ1) is 13.8. The van der Waals surface area contributed by atoms with Crippen LogP contribution in [0.4, 0.5) is 0 Å². The summed E-state index contributed by atoms with van der Waals surface area (Å²) in [7, 11) is -2.63. The van der Waals surface area contributed by atoms with Gasteiger partial charge in [-0.05, 0) is 22.8 Å². The standard InChI is InChI=1S/C17H20OSi/c1-2-3-10-15-19(18,16-11-6-4-7-12-16)17-13-8-5-9-14-17/h3-14,18H,2,15H2,1H3. The van der Waals surface area contributed by atoms with E-state index in [1.54, 1.807) is 0 Å². The Balaban J connectivity index is 2.41. The first-order valence-electron chi connectivity index (χ1n) is 6.76. The molecule has 98 valence electrons. The van der Waals surface area contributed by atoms with Gasteiger partial charge in [-0.25, -0.2) is 0 Å².